The fraction of sp³-hybridized carbons (Fsp3) is 0.385. The maximum Gasteiger partial charge on any atom is 0.290 e. The number of fused-ring (bicyclic) bond motifs is 2. The van der Waals surface area contributed by atoms with E-state index in [4.69, 9.17) is 9.15 Å². The zero-order valence-electron chi connectivity index (χ0n) is 18.9. The van der Waals surface area contributed by atoms with Crippen molar-refractivity contribution in [3.05, 3.63) is 81.0 Å². The summed E-state index contributed by atoms with van der Waals surface area (Å²) in [6.07, 6.45) is 0.727. The van der Waals surface area contributed by atoms with Gasteiger partial charge in [0.2, 0.25) is 5.76 Å². The molecule has 1 atom stereocenters. The third kappa shape index (κ3) is 4.07. The van der Waals surface area contributed by atoms with Crippen LogP contribution in [0.5, 0.6) is 0 Å². The second kappa shape index (κ2) is 8.87. The average Bonchev–Trinajstić information content (AvgIpc) is 3.04. The first-order chi connectivity index (χ1) is 15.3. The Balaban J connectivity index is 1.80. The highest BCUT2D eigenvalue weighted by Gasteiger charge is 2.42. The Morgan fingerprint density at radius 1 is 1.06 bits per heavy atom. The van der Waals surface area contributed by atoms with Crippen LogP contribution < -0.4 is 5.43 Å². The Hall–Kier alpha value is -2.99. The SMILES string of the molecule is CC(C)OCCCN1C(=O)c2oc3ccc(F)cc3c(=O)c2[C@@H]1c1ccc(C(C)C)cc1. The van der Waals surface area contributed by atoms with Gasteiger partial charge in [0.15, 0.2) is 5.43 Å². The summed E-state index contributed by atoms with van der Waals surface area (Å²) in [5, 5.41) is 0.144. The Labute approximate surface area is 186 Å². The maximum absolute atomic E-state index is 13.9. The molecule has 6 heteroatoms. The van der Waals surface area contributed by atoms with Gasteiger partial charge in [0, 0.05) is 13.2 Å². The second-order valence-electron chi connectivity index (χ2n) is 8.81. The van der Waals surface area contributed by atoms with Crippen LogP contribution in [0.3, 0.4) is 0 Å². The smallest absolute Gasteiger partial charge is 0.290 e. The highest BCUT2D eigenvalue weighted by Crippen LogP contribution is 2.38. The first kappa shape index (κ1) is 22.2. The Bertz CT molecular complexity index is 1200. The number of carbonyl (C=O) groups excluding carboxylic acids is 1. The van der Waals surface area contributed by atoms with Crippen molar-refractivity contribution < 1.29 is 18.3 Å². The lowest BCUT2D eigenvalue weighted by Gasteiger charge is -2.25. The van der Waals surface area contributed by atoms with Gasteiger partial charge in [-0.05, 0) is 55.5 Å². The summed E-state index contributed by atoms with van der Waals surface area (Å²) in [6, 6.07) is 11.1. The molecule has 1 aromatic heterocycles. The minimum atomic E-state index is -0.582. The Morgan fingerprint density at radius 3 is 2.44 bits per heavy atom. The van der Waals surface area contributed by atoms with Crippen molar-refractivity contribution in [1.29, 1.82) is 0 Å². The number of halogens is 1. The van der Waals surface area contributed by atoms with Crippen molar-refractivity contribution in [1.82, 2.24) is 4.90 Å². The molecule has 0 radical (unpaired) electrons. The van der Waals surface area contributed by atoms with Crippen LogP contribution in [0.1, 0.15) is 73.3 Å². The number of rotatable bonds is 7. The number of ether oxygens (including phenoxy) is 1. The lowest BCUT2D eigenvalue weighted by Crippen LogP contribution is -2.31. The van der Waals surface area contributed by atoms with Gasteiger partial charge in [0.05, 0.1) is 23.1 Å². The summed E-state index contributed by atoms with van der Waals surface area (Å²) in [6.45, 7) is 9.06. The fourth-order valence-electron chi connectivity index (χ4n) is 4.19. The van der Waals surface area contributed by atoms with Crippen LogP contribution in [-0.2, 0) is 4.74 Å². The molecular formula is C26H28FNO4. The van der Waals surface area contributed by atoms with E-state index in [1.54, 1.807) is 4.90 Å². The summed E-state index contributed by atoms with van der Waals surface area (Å²) in [5.74, 6) is -0.444. The number of hydrogen-bond acceptors (Lipinski definition) is 4. The van der Waals surface area contributed by atoms with Crippen LogP contribution in [0.15, 0.2) is 51.7 Å². The summed E-state index contributed by atoms with van der Waals surface area (Å²) in [4.78, 5) is 28.4. The topological polar surface area (TPSA) is 59.8 Å². The minimum absolute atomic E-state index is 0.0387. The zero-order chi connectivity index (χ0) is 23.0. The predicted molar refractivity (Wildman–Crippen MR) is 122 cm³/mol. The molecule has 32 heavy (non-hydrogen) atoms. The minimum Gasteiger partial charge on any atom is -0.450 e. The van der Waals surface area contributed by atoms with Crippen LogP contribution in [0.4, 0.5) is 4.39 Å². The monoisotopic (exact) mass is 437 g/mol. The van der Waals surface area contributed by atoms with Crippen molar-refractivity contribution in [2.75, 3.05) is 13.2 Å². The number of amides is 1. The van der Waals surface area contributed by atoms with Crippen molar-refractivity contribution in [2.24, 2.45) is 0 Å². The van der Waals surface area contributed by atoms with Crippen molar-refractivity contribution in [3.63, 3.8) is 0 Å². The molecule has 3 aromatic rings. The molecule has 1 amide bonds. The van der Waals surface area contributed by atoms with Gasteiger partial charge in [0.1, 0.15) is 11.4 Å². The summed E-state index contributed by atoms with van der Waals surface area (Å²) in [5.41, 5.74) is 2.11. The molecule has 2 aromatic carbocycles. The van der Waals surface area contributed by atoms with Crippen LogP contribution >= 0.6 is 0 Å². The molecule has 5 nitrogen and oxygen atoms in total. The van der Waals surface area contributed by atoms with Gasteiger partial charge < -0.3 is 14.1 Å². The molecule has 0 spiro atoms. The predicted octanol–water partition coefficient (Wildman–Crippen LogP) is 5.42. The molecule has 0 fully saturated rings. The highest BCUT2D eigenvalue weighted by atomic mass is 19.1. The molecule has 0 unspecified atom stereocenters. The summed E-state index contributed by atoms with van der Waals surface area (Å²) in [7, 11) is 0. The molecule has 1 aliphatic heterocycles. The number of benzene rings is 2. The van der Waals surface area contributed by atoms with Gasteiger partial charge >= 0.3 is 0 Å². The van der Waals surface area contributed by atoms with E-state index < -0.39 is 11.9 Å². The highest BCUT2D eigenvalue weighted by molar-refractivity contribution is 5.99. The van der Waals surface area contributed by atoms with Crippen molar-refractivity contribution >= 4 is 16.9 Å². The van der Waals surface area contributed by atoms with E-state index in [1.165, 1.54) is 23.8 Å². The molecule has 0 aliphatic carbocycles. The normalized spacial score (nSPS) is 15.9. The lowest BCUT2D eigenvalue weighted by molar-refractivity contribution is 0.0593. The molecule has 0 saturated heterocycles. The standard InChI is InChI=1S/C26H28FNO4/c1-15(2)17-6-8-18(9-7-17)23-22-24(29)20-14-19(27)10-11-21(20)32-25(22)26(30)28(23)12-5-13-31-16(3)4/h6-11,14-16,23H,5,12-13H2,1-4H3/t23-/m0/s1. The van der Waals surface area contributed by atoms with Gasteiger partial charge in [-0.3, -0.25) is 9.59 Å². The van der Waals surface area contributed by atoms with Gasteiger partial charge in [-0.1, -0.05) is 38.1 Å². The van der Waals surface area contributed by atoms with Gasteiger partial charge in [-0.25, -0.2) is 4.39 Å². The van der Waals surface area contributed by atoms with Crippen LogP contribution in [0.2, 0.25) is 0 Å². The Morgan fingerprint density at radius 2 is 1.78 bits per heavy atom. The fourth-order valence-corrected chi connectivity index (χ4v) is 4.19. The third-order valence-electron chi connectivity index (χ3n) is 5.84. The van der Waals surface area contributed by atoms with Gasteiger partial charge in [-0.2, -0.15) is 0 Å². The van der Waals surface area contributed by atoms with E-state index in [9.17, 15) is 14.0 Å². The lowest BCUT2D eigenvalue weighted by atomic mass is 9.95. The summed E-state index contributed by atoms with van der Waals surface area (Å²) >= 11 is 0. The van der Waals surface area contributed by atoms with E-state index in [2.05, 4.69) is 13.8 Å². The van der Waals surface area contributed by atoms with E-state index in [0.29, 0.717) is 25.5 Å². The third-order valence-corrected chi connectivity index (χ3v) is 5.84. The maximum atomic E-state index is 13.9. The van der Waals surface area contributed by atoms with Crippen LogP contribution in [0.25, 0.3) is 11.0 Å². The van der Waals surface area contributed by atoms with E-state index in [0.717, 1.165) is 5.56 Å². The number of nitrogens with zero attached hydrogens (tertiary/aromatic N) is 1. The Kier molecular flexibility index (Phi) is 6.15. The van der Waals surface area contributed by atoms with Crippen molar-refractivity contribution in [2.45, 2.75) is 52.2 Å². The van der Waals surface area contributed by atoms with E-state index >= 15 is 0 Å². The molecule has 1 aliphatic rings. The first-order valence-corrected chi connectivity index (χ1v) is 11.1. The molecule has 0 saturated carbocycles. The molecule has 0 N–H and O–H groups in total. The first-order valence-electron chi connectivity index (χ1n) is 11.1. The summed E-state index contributed by atoms with van der Waals surface area (Å²) < 4.78 is 25.3. The molecule has 168 valence electrons. The number of hydrogen-bond donors (Lipinski definition) is 0. The molecular weight excluding hydrogens is 409 g/mol. The largest absolute Gasteiger partial charge is 0.450 e. The van der Waals surface area contributed by atoms with Crippen molar-refractivity contribution in [3.8, 4) is 0 Å². The molecule has 4 rings (SSSR count). The van der Waals surface area contributed by atoms with Gasteiger partial charge in [0.25, 0.3) is 5.91 Å². The van der Waals surface area contributed by atoms with Gasteiger partial charge in [-0.15, -0.1) is 0 Å². The van der Waals surface area contributed by atoms with Crippen LogP contribution in [-0.4, -0.2) is 30.1 Å². The van der Waals surface area contributed by atoms with Crippen LogP contribution in [0, 0.1) is 5.82 Å². The zero-order valence-corrected chi connectivity index (χ0v) is 18.9. The number of carbonyl (C=O) groups is 1. The molecule has 0 bridgehead atoms. The second-order valence-corrected chi connectivity index (χ2v) is 8.81. The molecule has 2 heterocycles. The van der Waals surface area contributed by atoms with E-state index in [1.807, 2.05) is 38.1 Å². The van der Waals surface area contributed by atoms with E-state index in [-0.39, 0.29) is 39.7 Å². The average molecular weight is 438 g/mol. The quantitative estimate of drug-likeness (QED) is 0.464.